The molecule has 1 aliphatic heterocycles. The second-order valence-electron chi connectivity index (χ2n) is 4.05. The Morgan fingerprint density at radius 3 is 2.31 bits per heavy atom. The molecule has 2 atom stereocenters. The van der Waals surface area contributed by atoms with Gasteiger partial charge in [-0.2, -0.15) is 0 Å². The van der Waals surface area contributed by atoms with Crippen molar-refractivity contribution >= 4 is 0 Å². The van der Waals surface area contributed by atoms with E-state index in [-0.39, 0.29) is 0 Å². The van der Waals surface area contributed by atoms with Crippen LogP contribution in [0.3, 0.4) is 0 Å². The summed E-state index contributed by atoms with van der Waals surface area (Å²) >= 11 is 0. The average molecular weight is 183 g/mol. The highest BCUT2D eigenvalue weighted by Crippen LogP contribution is 2.25. The molecule has 0 spiro atoms. The summed E-state index contributed by atoms with van der Waals surface area (Å²) in [7, 11) is 2.21. The third-order valence-corrected chi connectivity index (χ3v) is 2.61. The van der Waals surface area contributed by atoms with E-state index < -0.39 is 0 Å². The quantitative estimate of drug-likeness (QED) is 0.594. The standard InChI is InChI=1S/C10H19N.C2H6/c1-8(2)5-10-6-9(3)11(4)7-10;1-2/h9-10H,1,5-7H2,2-4H3;1-2H3. The van der Waals surface area contributed by atoms with Gasteiger partial charge in [0.05, 0.1) is 0 Å². The Hall–Kier alpha value is -0.300. The van der Waals surface area contributed by atoms with Gasteiger partial charge in [0, 0.05) is 12.6 Å². The van der Waals surface area contributed by atoms with Gasteiger partial charge < -0.3 is 4.90 Å². The zero-order chi connectivity index (χ0) is 10.4. The minimum absolute atomic E-state index is 0.777. The lowest BCUT2D eigenvalue weighted by molar-refractivity contribution is 0.325. The van der Waals surface area contributed by atoms with E-state index in [1.807, 2.05) is 13.8 Å². The maximum absolute atomic E-state index is 3.95. The number of likely N-dealkylation sites (tertiary alicyclic amines) is 1. The molecule has 1 nitrogen and oxygen atoms in total. The number of nitrogens with zero attached hydrogens (tertiary/aromatic N) is 1. The molecular formula is C12H25N. The molecule has 0 amide bonds. The molecule has 1 heterocycles. The van der Waals surface area contributed by atoms with Crippen LogP contribution < -0.4 is 0 Å². The van der Waals surface area contributed by atoms with E-state index in [4.69, 9.17) is 0 Å². The van der Waals surface area contributed by atoms with E-state index in [1.54, 1.807) is 0 Å². The van der Waals surface area contributed by atoms with E-state index in [2.05, 4.69) is 32.4 Å². The van der Waals surface area contributed by atoms with Gasteiger partial charge >= 0.3 is 0 Å². The monoisotopic (exact) mass is 183 g/mol. The fraction of sp³-hybridized carbons (Fsp3) is 0.833. The highest BCUT2D eigenvalue weighted by molar-refractivity contribution is 4.94. The fourth-order valence-corrected chi connectivity index (χ4v) is 1.96. The first-order valence-electron chi connectivity index (χ1n) is 5.44. The molecule has 0 N–H and O–H groups in total. The molecule has 0 radical (unpaired) electrons. The van der Waals surface area contributed by atoms with Gasteiger partial charge in [-0.25, -0.2) is 0 Å². The van der Waals surface area contributed by atoms with Crippen LogP contribution in [-0.4, -0.2) is 24.5 Å². The lowest BCUT2D eigenvalue weighted by atomic mass is 9.99. The Kier molecular flexibility index (Phi) is 6.06. The predicted octanol–water partition coefficient (Wildman–Crippen LogP) is 3.32. The molecule has 78 valence electrons. The van der Waals surface area contributed by atoms with Crippen molar-refractivity contribution in [1.82, 2.24) is 4.90 Å². The number of hydrogen-bond acceptors (Lipinski definition) is 1. The third-order valence-electron chi connectivity index (χ3n) is 2.61. The van der Waals surface area contributed by atoms with E-state index in [0.29, 0.717) is 0 Å². The van der Waals surface area contributed by atoms with Crippen molar-refractivity contribution in [3.63, 3.8) is 0 Å². The van der Waals surface area contributed by atoms with Crippen LogP contribution in [-0.2, 0) is 0 Å². The van der Waals surface area contributed by atoms with Gasteiger partial charge in [0.1, 0.15) is 0 Å². The smallest absolute Gasteiger partial charge is 0.00672 e. The molecule has 1 aliphatic rings. The Morgan fingerprint density at radius 1 is 1.46 bits per heavy atom. The fourth-order valence-electron chi connectivity index (χ4n) is 1.96. The van der Waals surface area contributed by atoms with Crippen LogP contribution in [0.2, 0.25) is 0 Å². The van der Waals surface area contributed by atoms with Gasteiger partial charge in [0.2, 0.25) is 0 Å². The SMILES string of the molecule is C=C(C)CC1CC(C)N(C)C1.CC. The van der Waals surface area contributed by atoms with E-state index in [1.165, 1.54) is 25.0 Å². The molecule has 1 fully saturated rings. The van der Waals surface area contributed by atoms with E-state index >= 15 is 0 Å². The number of hydrogen-bond donors (Lipinski definition) is 0. The van der Waals surface area contributed by atoms with Crippen LogP contribution in [0.4, 0.5) is 0 Å². The summed E-state index contributed by atoms with van der Waals surface area (Å²) < 4.78 is 0. The molecule has 2 unspecified atom stereocenters. The highest BCUT2D eigenvalue weighted by atomic mass is 15.1. The zero-order valence-electron chi connectivity index (χ0n) is 9.93. The summed E-state index contributed by atoms with van der Waals surface area (Å²) in [5.41, 5.74) is 1.33. The topological polar surface area (TPSA) is 3.24 Å². The molecule has 0 aromatic heterocycles. The van der Waals surface area contributed by atoms with Crippen molar-refractivity contribution in [1.29, 1.82) is 0 Å². The largest absolute Gasteiger partial charge is 0.303 e. The molecular weight excluding hydrogens is 158 g/mol. The molecule has 0 saturated carbocycles. The maximum Gasteiger partial charge on any atom is 0.00672 e. The second kappa shape index (κ2) is 6.20. The summed E-state index contributed by atoms with van der Waals surface area (Å²) in [5, 5.41) is 0. The summed E-state index contributed by atoms with van der Waals surface area (Å²) in [5.74, 6) is 0.868. The molecule has 0 aliphatic carbocycles. The average Bonchev–Trinajstić information content (AvgIpc) is 2.34. The van der Waals surface area contributed by atoms with Gasteiger partial charge in [0.15, 0.2) is 0 Å². The first-order chi connectivity index (χ1) is 6.09. The van der Waals surface area contributed by atoms with Crippen LogP contribution >= 0.6 is 0 Å². The van der Waals surface area contributed by atoms with Crippen LogP contribution in [0.15, 0.2) is 12.2 Å². The highest BCUT2D eigenvalue weighted by Gasteiger charge is 2.25. The van der Waals surface area contributed by atoms with Crippen molar-refractivity contribution in [2.75, 3.05) is 13.6 Å². The Morgan fingerprint density at radius 2 is 2.00 bits per heavy atom. The van der Waals surface area contributed by atoms with Gasteiger partial charge in [0.25, 0.3) is 0 Å². The van der Waals surface area contributed by atoms with E-state index in [9.17, 15) is 0 Å². The molecule has 0 aromatic carbocycles. The molecule has 1 heteroatoms. The van der Waals surface area contributed by atoms with Crippen LogP contribution in [0, 0.1) is 5.92 Å². The minimum atomic E-state index is 0.777. The van der Waals surface area contributed by atoms with Crippen molar-refractivity contribution in [2.24, 2.45) is 5.92 Å². The van der Waals surface area contributed by atoms with Crippen molar-refractivity contribution < 1.29 is 0 Å². The van der Waals surface area contributed by atoms with Crippen LogP contribution in [0.25, 0.3) is 0 Å². The summed E-state index contributed by atoms with van der Waals surface area (Å²) in [4.78, 5) is 2.44. The summed E-state index contributed by atoms with van der Waals surface area (Å²) in [6.45, 7) is 13.6. The van der Waals surface area contributed by atoms with E-state index in [0.717, 1.165) is 12.0 Å². The van der Waals surface area contributed by atoms with Crippen LogP contribution in [0.5, 0.6) is 0 Å². The van der Waals surface area contributed by atoms with Crippen molar-refractivity contribution in [2.45, 2.75) is 46.6 Å². The number of allylic oxidation sites excluding steroid dienone is 1. The van der Waals surface area contributed by atoms with Gasteiger partial charge in [-0.15, -0.1) is 6.58 Å². The Balaban J connectivity index is 0.000000671. The maximum atomic E-state index is 3.95. The second-order valence-corrected chi connectivity index (χ2v) is 4.05. The number of rotatable bonds is 2. The third kappa shape index (κ3) is 4.47. The van der Waals surface area contributed by atoms with Crippen molar-refractivity contribution in [3.05, 3.63) is 12.2 Å². The molecule has 0 aromatic rings. The minimum Gasteiger partial charge on any atom is -0.303 e. The first kappa shape index (κ1) is 12.7. The Bertz CT molecular complexity index is 141. The van der Waals surface area contributed by atoms with Gasteiger partial charge in [-0.1, -0.05) is 19.4 Å². The first-order valence-corrected chi connectivity index (χ1v) is 5.44. The van der Waals surface area contributed by atoms with Gasteiger partial charge in [-0.05, 0) is 39.7 Å². The lowest BCUT2D eigenvalue weighted by Gasteiger charge is -2.12. The predicted molar refractivity (Wildman–Crippen MR) is 61.0 cm³/mol. The summed E-state index contributed by atoms with van der Waals surface area (Å²) in [6, 6.07) is 0.777. The summed E-state index contributed by atoms with van der Waals surface area (Å²) in [6.07, 6.45) is 2.57. The molecule has 0 bridgehead atoms. The Labute approximate surface area is 83.8 Å². The zero-order valence-corrected chi connectivity index (χ0v) is 9.93. The van der Waals surface area contributed by atoms with Gasteiger partial charge in [-0.3, -0.25) is 0 Å². The van der Waals surface area contributed by atoms with Crippen molar-refractivity contribution in [3.8, 4) is 0 Å². The molecule has 1 saturated heterocycles. The molecule has 13 heavy (non-hydrogen) atoms. The normalized spacial score (nSPS) is 28.1. The molecule has 1 rings (SSSR count). The van der Waals surface area contributed by atoms with Crippen LogP contribution in [0.1, 0.15) is 40.5 Å². The lowest BCUT2D eigenvalue weighted by Crippen LogP contribution is -2.21.